The number of ether oxygens (including phenoxy) is 1. The second-order valence-electron chi connectivity index (χ2n) is 5.65. The molecule has 0 bridgehead atoms. The number of aryl methyl sites for hydroxylation is 1. The van der Waals surface area contributed by atoms with Crippen LogP contribution in [0.25, 0.3) is 11.5 Å². The molecule has 0 N–H and O–H groups in total. The minimum Gasteiger partial charge on any atom is -0.487 e. The van der Waals surface area contributed by atoms with Crippen molar-refractivity contribution in [1.82, 2.24) is 4.98 Å². The van der Waals surface area contributed by atoms with Gasteiger partial charge >= 0.3 is 6.18 Å². The molecule has 3 rings (SSSR count). The maximum atomic E-state index is 12.6. The number of hydrogen-bond acceptors (Lipinski definition) is 4. The fourth-order valence-corrected chi connectivity index (χ4v) is 2.37. The first-order valence-electron chi connectivity index (χ1n) is 7.67. The Bertz CT molecular complexity index is 915. The third-order valence-corrected chi connectivity index (χ3v) is 3.72. The molecule has 0 aliphatic rings. The van der Waals surface area contributed by atoms with Crippen LogP contribution in [0, 0.1) is 6.92 Å². The Morgan fingerprint density at radius 2 is 1.88 bits per heavy atom. The molecule has 3 aromatic rings. The molecule has 0 saturated carbocycles. The third-order valence-electron chi connectivity index (χ3n) is 3.72. The number of carbonyl (C=O) groups excluding carboxylic acids is 1. The molecule has 2 aromatic carbocycles. The van der Waals surface area contributed by atoms with Gasteiger partial charge in [0, 0.05) is 11.1 Å². The Morgan fingerprint density at radius 3 is 2.50 bits per heavy atom. The molecular formula is C19H14F3NO3. The third kappa shape index (κ3) is 3.93. The number of hydrogen-bond donors (Lipinski definition) is 0. The van der Waals surface area contributed by atoms with Gasteiger partial charge in [0.15, 0.2) is 0 Å². The largest absolute Gasteiger partial charge is 0.487 e. The van der Waals surface area contributed by atoms with Gasteiger partial charge in [0.1, 0.15) is 30.6 Å². The summed E-state index contributed by atoms with van der Waals surface area (Å²) in [6.45, 7) is 1.95. The Balaban J connectivity index is 1.69. The van der Waals surface area contributed by atoms with Crippen molar-refractivity contribution < 1.29 is 27.1 Å². The van der Waals surface area contributed by atoms with Crippen LogP contribution in [0.1, 0.15) is 27.2 Å². The molecule has 0 radical (unpaired) electrons. The SMILES string of the molecule is Cc1cc(C=O)ccc1OCc1coc(-c2ccc(C(F)(F)F)cc2)n1. The molecule has 26 heavy (non-hydrogen) atoms. The van der Waals surface area contributed by atoms with Gasteiger partial charge in [-0.2, -0.15) is 13.2 Å². The summed E-state index contributed by atoms with van der Waals surface area (Å²) >= 11 is 0. The lowest BCUT2D eigenvalue weighted by atomic mass is 10.1. The average molecular weight is 361 g/mol. The number of carbonyl (C=O) groups is 1. The molecule has 0 spiro atoms. The number of benzene rings is 2. The van der Waals surface area contributed by atoms with Gasteiger partial charge in [0.25, 0.3) is 0 Å². The quantitative estimate of drug-likeness (QED) is 0.596. The van der Waals surface area contributed by atoms with E-state index in [1.807, 2.05) is 6.92 Å². The van der Waals surface area contributed by atoms with Crippen molar-refractivity contribution in [2.45, 2.75) is 19.7 Å². The lowest BCUT2D eigenvalue weighted by Gasteiger charge is -2.07. The summed E-state index contributed by atoms with van der Waals surface area (Å²) in [7, 11) is 0. The van der Waals surface area contributed by atoms with Crippen LogP contribution in [-0.4, -0.2) is 11.3 Å². The van der Waals surface area contributed by atoms with Crippen LogP contribution in [0.2, 0.25) is 0 Å². The fraction of sp³-hybridized carbons (Fsp3) is 0.158. The van der Waals surface area contributed by atoms with Crippen LogP contribution >= 0.6 is 0 Å². The highest BCUT2D eigenvalue weighted by atomic mass is 19.4. The van der Waals surface area contributed by atoms with Gasteiger partial charge in [-0.15, -0.1) is 0 Å². The second-order valence-corrected chi connectivity index (χ2v) is 5.65. The second kappa shape index (κ2) is 7.03. The number of alkyl halides is 3. The minimum absolute atomic E-state index is 0.130. The fourth-order valence-electron chi connectivity index (χ4n) is 2.37. The van der Waals surface area contributed by atoms with Crippen LogP contribution in [0.5, 0.6) is 5.75 Å². The lowest BCUT2D eigenvalue weighted by Crippen LogP contribution is -2.04. The molecule has 7 heteroatoms. The van der Waals surface area contributed by atoms with Crippen LogP contribution in [-0.2, 0) is 12.8 Å². The molecule has 0 aliphatic heterocycles. The van der Waals surface area contributed by atoms with Gasteiger partial charge in [-0.05, 0) is 55.0 Å². The zero-order valence-electron chi connectivity index (χ0n) is 13.7. The van der Waals surface area contributed by atoms with Crippen LogP contribution in [0.4, 0.5) is 13.2 Å². The molecule has 1 heterocycles. The highest BCUT2D eigenvalue weighted by Gasteiger charge is 2.30. The van der Waals surface area contributed by atoms with E-state index < -0.39 is 11.7 Å². The summed E-state index contributed by atoms with van der Waals surface area (Å²) in [5, 5.41) is 0. The first-order valence-corrected chi connectivity index (χ1v) is 7.67. The van der Waals surface area contributed by atoms with Crippen molar-refractivity contribution in [2.24, 2.45) is 0 Å². The van der Waals surface area contributed by atoms with E-state index in [0.717, 1.165) is 24.0 Å². The first kappa shape index (κ1) is 17.7. The number of halogens is 3. The highest BCUT2D eigenvalue weighted by molar-refractivity contribution is 5.75. The van der Waals surface area contributed by atoms with Gasteiger partial charge in [-0.1, -0.05) is 0 Å². The van der Waals surface area contributed by atoms with E-state index in [1.54, 1.807) is 18.2 Å². The maximum Gasteiger partial charge on any atom is 0.416 e. The van der Waals surface area contributed by atoms with Crippen molar-refractivity contribution in [3.8, 4) is 17.2 Å². The van der Waals surface area contributed by atoms with Crippen molar-refractivity contribution in [2.75, 3.05) is 0 Å². The predicted molar refractivity (Wildman–Crippen MR) is 87.8 cm³/mol. The highest BCUT2D eigenvalue weighted by Crippen LogP contribution is 2.31. The molecule has 0 fully saturated rings. The molecule has 0 unspecified atom stereocenters. The number of rotatable bonds is 5. The van der Waals surface area contributed by atoms with Crippen LogP contribution < -0.4 is 4.74 Å². The number of nitrogens with zero attached hydrogens (tertiary/aromatic N) is 1. The van der Waals surface area contributed by atoms with Gasteiger partial charge < -0.3 is 9.15 Å². The van der Waals surface area contributed by atoms with Crippen molar-refractivity contribution in [1.29, 1.82) is 0 Å². The minimum atomic E-state index is -4.38. The summed E-state index contributed by atoms with van der Waals surface area (Å²) in [4.78, 5) is 15.0. The lowest BCUT2D eigenvalue weighted by molar-refractivity contribution is -0.137. The topological polar surface area (TPSA) is 52.3 Å². The zero-order chi connectivity index (χ0) is 18.7. The molecule has 1 aromatic heterocycles. The van der Waals surface area contributed by atoms with Crippen molar-refractivity contribution in [3.63, 3.8) is 0 Å². The van der Waals surface area contributed by atoms with Gasteiger partial charge in [-0.3, -0.25) is 4.79 Å². The predicted octanol–water partition coefficient (Wildman–Crippen LogP) is 5.06. The molecule has 0 aliphatic carbocycles. The van der Waals surface area contributed by atoms with Crippen molar-refractivity contribution in [3.05, 3.63) is 71.1 Å². The van der Waals surface area contributed by atoms with E-state index in [-0.39, 0.29) is 12.5 Å². The summed E-state index contributed by atoms with van der Waals surface area (Å²) < 4.78 is 48.7. The van der Waals surface area contributed by atoms with E-state index in [9.17, 15) is 18.0 Å². The first-order chi connectivity index (χ1) is 12.4. The van der Waals surface area contributed by atoms with E-state index in [0.29, 0.717) is 22.6 Å². The molecule has 134 valence electrons. The Labute approximate surface area is 147 Å². The van der Waals surface area contributed by atoms with E-state index in [1.165, 1.54) is 18.4 Å². The summed E-state index contributed by atoms with van der Waals surface area (Å²) in [5.41, 5.74) is 1.57. The summed E-state index contributed by atoms with van der Waals surface area (Å²) in [5.74, 6) is 0.819. The number of aldehydes is 1. The molecule has 0 atom stereocenters. The Hall–Kier alpha value is -3.09. The van der Waals surface area contributed by atoms with E-state index in [2.05, 4.69) is 4.98 Å². The molecule has 4 nitrogen and oxygen atoms in total. The van der Waals surface area contributed by atoms with Crippen molar-refractivity contribution >= 4 is 6.29 Å². The van der Waals surface area contributed by atoms with Crippen LogP contribution in [0.3, 0.4) is 0 Å². The van der Waals surface area contributed by atoms with E-state index >= 15 is 0 Å². The molecule has 0 amide bonds. The van der Waals surface area contributed by atoms with Gasteiger partial charge in [0.2, 0.25) is 5.89 Å². The summed E-state index contributed by atoms with van der Waals surface area (Å²) in [6, 6.07) is 9.62. The molecule has 0 saturated heterocycles. The zero-order valence-corrected chi connectivity index (χ0v) is 13.7. The number of aromatic nitrogens is 1. The Kier molecular flexibility index (Phi) is 4.79. The monoisotopic (exact) mass is 361 g/mol. The normalized spacial score (nSPS) is 11.4. The maximum absolute atomic E-state index is 12.6. The number of oxazole rings is 1. The van der Waals surface area contributed by atoms with E-state index in [4.69, 9.17) is 9.15 Å². The smallest absolute Gasteiger partial charge is 0.416 e. The van der Waals surface area contributed by atoms with Crippen LogP contribution in [0.15, 0.2) is 53.1 Å². The molecular weight excluding hydrogens is 347 g/mol. The Morgan fingerprint density at radius 1 is 1.15 bits per heavy atom. The average Bonchev–Trinajstić information content (AvgIpc) is 3.09. The standard InChI is InChI=1S/C19H14F3NO3/c1-12-8-13(9-24)2-7-17(12)25-10-16-11-26-18(23-16)14-3-5-15(6-4-14)19(20,21)22/h2-9,11H,10H2,1H3. The van der Waals surface area contributed by atoms with Gasteiger partial charge in [-0.25, -0.2) is 4.98 Å². The summed E-state index contributed by atoms with van der Waals surface area (Å²) in [6.07, 6.45) is -2.24. The van der Waals surface area contributed by atoms with Gasteiger partial charge in [0.05, 0.1) is 5.56 Å².